The lowest BCUT2D eigenvalue weighted by molar-refractivity contribution is -0.139. The number of nitriles is 1. The van der Waals surface area contributed by atoms with Gasteiger partial charge >= 0.3 is 5.97 Å². The van der Waals surface area contributed by atoms with Gasteiger partial charge in [-0.05, 0) is 24.8 Å². The van der Waals surface area contributed by atoms with Gasteiger partial charge in [-0.1, -0.05) is 55.1 Å². The number of carbonyl (C=O) groups excluding carboxylic acids is 2. The van der Waals surface area contributed by atoms with Crippen LogP contribution in [-0.4, -0.2) is 41.4 Å². The molecule has 2 heterocycles. The summed E-state index contributed by atoms with van der Waals surface area (Å²) >= 11 is 2.46. The van der Waals surface area contributed by atoms with E-state index in [0.29, 0.717) is 51.5 Å². The summed E-state index contributed by atoms with van der Waals surface area (Å²) < 4.78 is 11.1. The quantitative estimate of drug-likeness (QED) is 0.415. The lowest BCUT2D eigenvalue weighted by Crippen LogP contribution is -2.42. The van der Waals surface area contributed by atoms with Crippen molar-refractivity contribution in [3.05, 3.63) is 52.5 Å². The van der Waals surface area contributed by atoms with E-state index in [9.17, 15) is 14.9 Å². The van der Waals surface area contributed by atoms with Crippen LogP contribution in [0.3, 0.4) is 0 Å². The molecule has 2 aliphatic rings. The highest BCUT2D eigenvalue weighted by atomic mass is 32.2. The van der Waals surface area contributed by atoms with Crippen molar-refractivity contribution in [2.24, 2.45) is 11.1 Å². The van der Waals surface area contributed by atoms with E-state index in [1.165, 1.54) is 23.1 Å². The highest BCUT2D eigenvalue weighted by molar-refractivity contribution is 8.01. The molecule has 4 rings (SSSR count). The molecule has 2 N–H and O–H groups in total. The Labute approximate surface area is 218 Å². The van der Waals surface area contributed by atoms with Gasteiger partial charge in [-0.2, -0.15) is 5.26 Å². The molecule has 1 aromatic heterocycles. The number of aromatic nitrogens is 2. The maximum absolute atomic E-state index is 13.6. The second-order valence-electron chi connectivity index (χ2n) is 9.17. The zero-order chi connectivity index (χ0) is 26.0. The maximum atomic E-state index is 13.6. The van der Waals surface area contributed by atoms with Gasteiger partial charge in [0.1, 0.15) is 11.6 Å². The van der Waals surface area contributed by atoms with Gasteiger partial charge in [0, 0.05) is 23.3 Å². The molecule has 0 spiro atoms. The molecule has 2 aromatic rings. The molecule has 1 aliphatic heterocycles. The smallest absolute Gasteiger partial charge is 0.316 e. The molecular formula is C25H27N5O4S2. The molecule has 36 heavy (non-hydrogen) atoms. The molecule has 1 unspecified atom stereocenters. The fraction of sp³-hybridized carbons (Fsp3) is 0.400. The Morgan fingerprint density at radius 2 is 2.08 bits per heavy atom. The SMILES string of the molecule is CCOC(=O)CSc1nnc(N2C(N)=C(C#N)C(c3ccccc3OC)C3=C2CC(C)(C)CC3=O)s1. The average molecular weight is 526 g/mol. The van der Waals surface area contributed by atoms with Gasteiger partial charge in [0.25, 0.3) is 0 Å². The van der Waals surface area contributed by atoms with Gasteiger partial charge in [-0.25, -0.2) is 0 Å². The van der Waals surface area contributed by atoms with Crippen LogP contribution in [0.25, 0.3) is 0 Å². The van der Waals surface area contributed by atoms with Crippen molar-refractivity contribution < 1.29 is 19.1 Å². The number of benzene rings is 1. The summed E-state index contributed by atoms with van der Waals surface area (Å²) in [7, 11) is 1.56. The predicted molar refractivity (Wildman–Crippen MR) is 137 cm³/mol. The number of Topliss-reactive ketones (excluding diaryl/α,β-unsaturated/α-hetero) is 1. The Kier molecular flexibility index (Phi) is 7.38. The Bertz CT molecular complexity index is 1310. The zero-order valence-electron chi connectivity index (χ0n) is 20.5. The molecule has 0 amide bonds. The number of methoxy groups -OCH3 is 1. The van der Waals surface area contributed by atoms with Crippen LogP contribution < -0.4 is 15.4 Å². The molecule has 1 atom stereocenters. The van der Waals surface area contributed by atoms with Crippen molar-refractivity contribution in [2.75, 3.05) is 24.4 Å². The maximum Gasteiger partial charge on any atom is 0.316 e. The summed E-state index contributed by atoms with van der Waals surface area (Å²) in [6.07, 6.45) is 0.907. The van der Waals surface area contributed by atoms with Gasteiger partial charge in [-0.3, -0.25) is 14.5 Å². The number of esters is 1. The summed E-state index contributed by atoms with van der Waals surface area (Å²) in [5, 5.41) is 19.2. The fourth-order valence-electron chi connectivity index (χ4n) is 4.62. The molecule has 9 nitrogen and oxygen atoms in total. The lowest BCUT2D eigenvalue weighted by Gasteiger charge is -2.42. The van der Waals surface area contributed by atoms with Crippen molar-refractivity contribution in [3.63, 3.8) is 0 Å². The Morgan fingerprint density at radius 3 is 2.78 bits per heavy atom. The summed E-state index contributed by atoms with van der Waals surface area (Å²) in [5.74, 6) is -0.138. The number of nitrogens with two attached hydrogens (primary N) is 1. The number of nitrogens with zero attached hydrogens (tertiary/aromatic N) is 4. The Hall–Kier alpha value is -3.36. The van der Waals surface area contributed by atoms with E-state index < -0.39 is 5.92 Å². The molecular weight excluding hydrogens is 498 g/mol. The van der Waals surface area contributed by atoms with Crippen LogP contribution in [0.5, 0.6) is 5.75 Å². The zero-order valence-corrected chi connectivity index (χ0v) is 22.2. The number of carbonyl (C=O) groups is 2. The second-order valence-corrected chi connectivity index (χ2v) is 11.3. The minimum absolute atomic E-state index is 0.0381. The van der Waals surface area contributed by atoms with E-state index in [0.717, 1.165) is 0 Å². The summed E-state index contributed by atoms with van der Waals surface area (Å²) in [4.78, 5) is 27.1. The molecule has 0 radical (unpaired) electrons. The van der Waals surface area contributed by atoms with Gasteiger partial charge in [0.05, 0.1) is 37.0 Å². The number of ketones is 1. The van der Waals surface area contributed by atoms with Crippen molar-refractivity contribution in [1.29, 1.82) is 5.26 Å². The standard InChI is InChI=1S/C25H27N5O4S2/c1-5-34-19(32)13-35-24-29-28-23(36-24)30-16-10-25(2,3)11-17(31)21(16)20(15(12-26)22(30)27)14-8-6-7-9-18(14)33-4/h6-9,20H,5,10-11,13,27H2,1-4H3. The normalized spacial score (nSPS) is 19.1. The summed E-state index contributed by atoms with van der Waals surface area (Å²) in [5.41, 5.74) is 8.54. The number of anilines is 1. The van der Waals surface area contributed by atoms with Crippen LogP contribution in [-0.2, 0) is 14.3 Å². The fourth-order valence-corrected chi connectivity index (χ4v) is 6.30. The first-order valence-corrected chi connectivity index (χ1v) is 13.2. The lowest BCUT2D eigenvalue weighted by atomic mass is 9.68. The van der Waals surface area contributed by atoms with E-state index >= 15 is 0 Å². The van der Waals surface area contributed by atoms with Gasteiger partial charge < -0.3 is 15.2 Å². The summed E-state index contributed by atoms with van der Waals surface area (Å²) in [6.45, 7) is 6.12. The van der Waals surface area contributed by atoms with E-state index in [1.54, 1.807) is 18.9 Å². The van der Waals surface area contributed by atoms with Gasteiger partial charge in [-0.15, -0.1) is 10.2 Å². The minimum Gasteiger partial charge on any atom is -0.496 e. The van der Waals surface area contributed by atoms with E-state index in [2.05, 4.69) is 16.3 Å². The molecule has 188 valence electrons. The summed E-state index contributed by atoms with van der Waals surface area (Å²) in [6, 6.07) is 9.61. The van der Waals surface area contributed by atoms with Crippen molar-refractivity contribution in [3.8, 4) is 11.8 Å². The molecule has 1 aliphatic carbocycles. The number of hydrogen-bond acceptors (Lipinski definition) is 11. The molecule has 0 bridgehead atoms. The number of ether oxygens (including phenoxy) is 2. The number of allylic oxidation sites excluding steroid dienone is 3. The monoisotopic (exact) mass is 525 g/mol. The topological polar surface area (TPSA) is 131 Å². The first-order valence-electron chi connectivity index (χ1n) is 11.4. The van der Waals surface area contributed by atoms with Crippen LogP contribution in [0.2, 0.25) is 0 Å². The average Bonchev–Trinajstić information content (AvgIpc) is 3.30. The van der Waals surface area contributed by atoms with Crippen LogP contribution >= 0.6 is 23.1 Å². The van der Waals surface area contributed by atoms with Crippen LogP contribution in [0.4, 0.5) is 5.13 Å². The predicted octanol–water partition coefficient (Wildman–Crippen LogP) is 4.14. The largest absolute Gasteiger partial charge is 0.496 e. The second kappa shape index (κ2) is 10.3. The van der Waals surface area contributed by atoms with Crippen molar-refractivity contribution >= 4 is 40.0 Å². The highest BCUT2D eigenvalue weighted by Gasteiger charge is 2.46. The third-order valence-corrected chi connectivity index (χ3v) is 8.05. The third kappa shape index (κ3) is 4.83. The van der Waals surface area contributed by atoms with E-state index in [-0.39, 0.29) is 34.3 Å². The Morgan fingerprint density at radius 1 is 1.33 bits per heavy atom. The third-order valence-electron chi connectivity index (χ3n) is 6.04. The molecule has 0 saturated carbocycles. The highest BCUT2D eigenvalue weighted by Crippen LogP contribution is 2.51. The van der Waals surface area contributed by atoms with Gasteiger partial charge in [0.15, 0.2) is 10.1 Å². The Balaban J connectivity index is 1.83. The van der Waals surface area contributed by atoms with Crippen LogP contribution in [0, 0.1) is 16.7 Å². The van der Waals surface area contributed by atoms with Crippen molar-refractivity contribution in [2.45, 2.75) is 43.9 Å². The minimum atomic E-state index is -0.647. The molecule has 1 aromatic carbocycles. The number of para-hydroxylation sites is 1. The van der Waals surface area contributed by atoms with E-state index in [1.807, 2.05) is 38.1 Å². The molecule has 0 fully saturated rings. The molecule has 0 saturated heterocycles. The first kappa shape index (κ1) is 25.7. The van der Waals surface area contributed by atoms with E-state index in [4.69, 9.17) is 15.2 Å². The van der Waals surface area contributed by atoms with Crippen LogP contribution in [0.1, 0.15) is 45.1 Å². The van der Waals surface area contributed by atoms with Crippen molar-refractivity contribution in [1.82, 2.24) is 10.2 Å². The van der Waals surface area contributed by atoms with Gasteiger partial charge in [0.2, 0.25) is 5.13 Å². The first-order chi connectivity index (χ1) is 17.2. The number of rotatable bonds is 7. The molecule has 11 heteroatoms. The number of thioether (sulfide) groups is 1. The van der Waals surface area contributed by atoms with Crippen LogP contribution in [0.15, 0.2) is 51.3 Å². The number of hydrogen-bond donors (Lipinski definition) is 1.